The van der Waals surface area contributed by atoms with Gasteiger partial charge in [-0.15, -0.1) is 0 Å². The van der Waals surface area contributed by atoms with Gasteiger partial charge in [0.2, 0.25) is 11.8 Å². The van der Waals surface area contributed by atoms with Crippen molar-refractivity contribution in [1.82, 2.24) is 15.5 Å². The molecular weight excluding hydrogens is 278 g/mol. The van der Waals surface area contributed by atoms with Gasteiger partial charge in [0.1, 0.15) is 13.1 Å². The van der Waals surface area contributed by atoms with Crippen LogP contribution in [-0.2, 0) is 14.4 Å². The van der Waals surface area contributed by atoms with E-state index in [2.05, 4.69) is 10.6 Å². The van der Waals surface area contributed by atoms with Gasteiger partial charge < -0.3 is 15.3 Å². The normalized spacial score (nSPS) is 26.2. The molecule has 1 aliphatic carbocycles. The molecule has 3 N–H and O–H groups in total. The average Bonchev–Trinajstić information content (AvgIpc) is 2.43. The zero-order valence-electron chi connectivity index (χ0n) is 11.6. The van der Waals surface area contributed by atoms with E-state index in [1.54, 1.807) is 0 Å². The number of rotatable bonds is 3. The summed E-state index contributed by atoms with van der Waals surface area (Å²) in [5.41, 5.74) is 0. The molecule has 2 atom stereocenters. The number of aliphatic carboxylic acids is 1. The molecule has 0 spiro atoms. The van der Waals surface area contributed by atoms with E-state index in [0.29, 0.717) is 6.42 Å². The lowest BCUT2D eigenvalue weighted by molar-refractivity contribution is -0.144. The second-order valence-corrected chi connectivity index (χ2v) is 5.50. The second-order valence-electron chi connectivity index (χ2n) is 5.50. The molecule has 0 radical (unpaired) electrons. The van der Waals surface area contributed by atoms with E-state index in [0.717, 1.165) is 24.2 Å². The molecule has 1 saturated heterocycles. The minimum Gasteiger partial charge on any atom is -0.481 e. The monoisotopic (exact) mass is 297 g/mol. The lowest BCUT2D eigenvalue weighted by Crippen LogP contribution is -2.56. The zero-order valence-corrected chi connectivity index (χ0v) is 11.6. The third-order valence-corrected chi connectivity index (χ3v) is 3.98. The van der Waals surface area contributed by atoms with Gasteiger partial charge in [-0.25, -0.2) is 4.79 Å². The smallest absolute Gasteiger partial charge is 0.318 e. The molecule has 1 aliphatic heterocycles. The number of nitrogens with zero attached hydrogens (tertiary/aromatic N) is 1. The molecule has 2 unspecified atom stereocenters. The van der Waals surface area contributed by atoms with Crippen LogP contribution in [0.4, 0.5) is 4.79 Å². The summed E-state index contributed by atoms with van der Waals surface area (Å²) in [5, 5.41) is 13.9. The predicted octanol–water partition coefficient (Wildman–Crippen LogP) is -0.455. The van der Waals surface area contributed by atoms with Gasteiger partial charge in [0.15, 0.2) is 0 Å². The topological polar surface area (TPSA) is 116 Å². The number of carbonyl (C=O) groups is 4. The molecule has 4 amide bonds. The molecule has 1 saturated carbocycles. The molecule has 8 nitrogen and oxygen atoms in total. The van der Waals surface area contributed by atoms with Crippen molar-refractivity contribution in [2.24, 2.45) is 11.8 Å². The lowest BCUT2D eigenvalue weighted by Gasteiger charge is -2.30. The largest absolute Gasteiger partial charge is 0.481 e. The first kappa shape index (κ1) is 15.3. The highest BCUT2D eigenvalue weighted by Crippen LogP contribution is 2.29. The van der Waals surface area contributed by atoms with Crippen molar-refractivity contribution in [1.29, 1.82) is 0 Å². The Hall–Kier alpha value is -2.12. The Labute approximate surface area is 121 Å². The fraction of sp³-hybridized carbons (Fsp3) is 0.692. The van der Waals surface area contributed by atoms with E-state index >= 15 is 0 Å². The summed E-state index contributed by atoms with van der Waals surface area (Å²) in [6, 6.07) is -0.507. The first-order valence-electron chi connectivity index (χ1n) is 7.05. The van der Waals surface area contributed by atoms with Crippen molar-refractivity contribution in [3.63, 3.8) is 0 Å². The van der Waals surface area contributed by atoms with E-state index in [-0.39, 0.29) is 25.6 Å². The van der Waals surface area contributed by atoms with Crippen molar-refractivity contribution in [3.8, 4) is 0 Å². The third-order valence-electron chi connectivity index (χ3n) is 3.98. The summed E-state index contributed by atoms with van der Waals surface area (Å²) < 4.78 is 0. The fourth-order valence-corrected chi connectivity index (χ4v) is 2.89. The average molecular weight is 297 g/mol. The molecule has 2 rings (SSSR count). The maximum absolute atomic E-state index is 11.9. The lowest BCUT2D eigenvalue weighted by atomic mass is 9.79. The number of piperazine rings is 1. The number of carboxylic acid groups (broad SMARTS) is 1. The van der Waals surface area contributed by atoms with E-state index in [1.165, 1.54) is 0 Å². The van der Waals surface area contributed by atoms with E-state index in [1.807, 2.05) is 0 Å². The highest BCUT2D eigenvalue weighted by atomic mass is 16.4. The van der Waals surface area contributed by atoms with Crippen molar-refractivity contribution in [2.45, 2.75) is 25.7 Å². The third kappa shape index (κ3) is 3.93. The number of hydrogen-bond acceptors (Lipinski definition) is 4. The molecule has 0 bridgehead atoms. The number of hydrogen-bond donors (Lipinski definition) is 3. The van der Waals surface area contributed by atoms with Crippen LogP contribution in [0.3, 0.4) is 0 Å². The molecule has 116 valence electrons. The van der Waals surface area contributed by atoms with Crippen LogP contribution >= 0.6 is 0 Å². The van der Waals surface area contributed by atoms with Crippen LogP contribution in [0.1, 0.15) is 25.7 Å². The van der Waals surface area contributed by atoms with Gasteiger partial charge in [0, 0.05) is 6.54 Å². The molecule has 0 aromatic carbocycles. The van der Waals surface area contributed by atoms with Gasteiger partial charge in [-0.05, 0) is 18.8 Å². The SMILES string of the molecule is O=C1CN(C(=O)NCC2CCCCC2C(=O)O)CC(=O)N1. The first-order chi connectivity index (χ1) is 9.97. The zero-order chi connectivity index (χ0) is 15.4. The number of carboxylic acids is 1. The highest BCUT2D eigenvalue weighted by Gasteiger charge is 2.32. The minimum atomic E-state index is -0.832. The van der Waals surface area contributed by atoms with Crippen LogP contribution < -0.4 is 10.6 Å². The van der Waals surface area contributed by atoms with Crippen LogP contribution in [0.5, 0.6) is 0 Å². The number of nitrogens with one attached hydrogen (secondary N) is 2. The first-order valence-corrected chi connectivity index (χ1v) is 7.05. The van der Waals surface area contributed by atoms with Crippen LogP contribution in [0.2, 0.25) is 0 Å². The Morgan fingerprint density at radius 1 is 1.19 bits per heavy atom. The molecule has 0 aromatic rings. The summed E-state index contributed by atoms with van der Waals surface area (Å²) >= 11 is 0. The summed E-state index contributed by atoms with van der Waals surface area (Å²) in [5.74, 6) is -2.40. The van der Waals surface area contributed by atoms with Crippen LogP contribution in [0, 0.1) is 11.8 Å². The van der Waals surface area contributed by atoms with Crippen molar-refractivity contribution >= 4 is 23.8 Å². The highest BCUT2D eigenvalue weighted by molar-refractivity contribution is 6.02. The van der Waals surface area contributed by atoms with Crippen molar-refractivity contribution in [2.75, 3.05) is 19.6 Å². The Kier molecular flexibility index (Phi) is 4.77. The number of urea groups is 1. The van der Waals surface area contributed by atoms with Crippen LogP contribution in [-0.4, -0.2) is 53.5 Å². The number of amides is 4. The van der Waals surface area contributed by atoms with E-state index < -0.39 is 29.7 Å². The van der Waals surface area contributed by atoms with Gasteiger partial charge in [0.05, 0.1) is 5.92 Å². The summed E-state index contributed by atoms with van der Waals surface area (Å²) in [7, 11) is 0. The van der Waals surface area contributed by atoms with Crippen molar-refractivity contribution in [3.05, 3.63) is 0 Å². The number of imide groups is 1. The second kappa shape index (κ2) is 6.55. The van der Waals surface area contributed by atoms with Crippen molar-refractivity contribution < 1.29 is 24.3 Å². The standard InChI is InChI=1S/C13H19N3O5/c17-10-6-16(7-11(18)15-10)13(21)14-5-8-3-1-2-4-9(8)12(19)20/h8-9H,1-7H2,(H,14,21)(H,19,20)(H,15,17,18). The van der Waals surface area contributed by atoms with Crippen LogP contribution in [0.25, 0.3) is 0 Å². The Bertz CT molecular complexity index is 449. The molecule has 21 heavy (non-hydrogen) atoms. The summed E-state index contributed by atoms with van der Waals surface area (Å²) in [4.78, 5) is 46.7. The van der Waals surface area contributed by atoms with Crippen LogP contribution in [0.15, 0.2) is 0 Å². The quantitative estimate of drug-likeness (QED) is 0.610. The van der Waals surface area contributed by atoms with E-state index in [9.17, 15) is 24.3 Å². The van der Waals surface area contributed by atoms with Gasteiger partial charge in [-0.3, -0.25) is 19.7 Å². The molecular formula is C13H19N3O5. The molecule has 8 heteroatoms. The number of carbonyl (C=O) groups excluding carboxylic acids is 3. The molecule has 2 aliphatic rings. The molecule has 1 heterocycles. The van der Waals surface area contributed by atoms with E-state index in [4.69, 9.17) is 0 Å². The maximum atomic E-state index is 11.9. The van der Waals surface area contributed by atoms with Gasteiger partial charge >= 0.3 is 12.0 Å². The Morgan fingerprint density at radius 2 is 1.81 bits per heavy atom. The maximum Gasteiger partial charge on any atom is 0.318 e. The summed E-state index contributed by atoms with van der Waals surface area (Å²) in [6.45, 7) is -0.0721. The Morgan fingerprint density at radius 3 is 2.43 bits per heavy atom. The van der Waals surface area contributed by atoms with Gasteiger partial charge in [0.25, 0.3) is 0 Å². The van der Waals surface area contributed by atoms with Gasteiger partial charge in [-0.2, -0.15) is 0 Å². The van der Waals surface area contributed by atoms with Gasteiger partial charge in [-0.1, -0.05) is 12.8 Å². The summed E-state index contributed by atoms with van der Waals surface area (Å²) in [6.07, 6.45) is 3.23. The minimum absolute atomic E-state index is 0.102. The Balaban J connectivity index is 1.86. The predicted molar refractivity (Wildman–Crippen MR) is 71.2 cm³/mol. The molecule has 2 fully saturated rings. The fourth-order valence-electron chi connectivity index (χ4n) is 2.89. The molecule has 0 aromatic heterocycles.